The molecule has 1 unspecified atom stereocenters. The third-order valence-corrected chi connectivity index (χ3v) is 6.03. The highest BCUT2D eigenvalue weighted by atomic mass is 35.5. The fraction of sp³-hybridized carbons (Fsp3) is 0.400. The highest BCUT2D eigenvalue weighted by molar-refractivity contribution is 6.30. The lowest BCUT2D eigenvalue weighted by molar-refractivity contribution is 0.176. The second-order valence-corrected chi connectivity index (χ2v) is 8.39. The van der Waals surface area contributed by atoms with Gasteiger partial charge in [-0.15, -0.1) is 0 Å². The summed E-state index contributed by atoms with van der Waals surface area (Å²) in [6, 6.07) is 19.2. The lowest BCUT2D eigenvalue weighted by atomic mass is 9.73. The molecule has 0 saturated heterocycles. The van der Waals surface area contributed by atoms with Gasteiger partial charge in [0, 0.05) is 24.0 Å². The van der Waals surface area contributed by atoms with E-state index in [1.54, 1.807) is 0 Å². The van der Waals surface area contributed by atoms with E-state index < -0.39 is 0 Å². The molecule has 0 aliphatic rings. The Morgan fingerprint density at radius 1 is 0.893 bits per heavy atom. The number of unbranched alkanes of at least 4 members (excludes halogenated alkanes) is 1. The van der Waals surface area contributed by atoms with E-state index in [2.05, 4.69) is 65.1 Å². The van der Waals surface area contributed by atoms with Gasteiger partial charge in [0.25, 0.3) is 0 Å². The third-order valence-electron chi connectivity index (χ3n) is 5.78. The standard InChI is InChI=1S/C25H31ClN2/c1-2-3-15-25(20-28-19-18-27-21-28,16-13-22-7-5-4-6-8-22)17-14-23-9-11-24(26)12-10-23/h4-12,18-19,21H,2-3,13-17,20H2,1H3. The van der Waals surface area contributed by atoms with Crippen LogP contribution in [0.1, 0.15) is 50.2 Å². The number of benzene rings is 2. The minimum atomic E-state index is 0.270. The monoisotopic (exact) mass is 394 g/mol. The van der Waals surface area contributed by atoms with Gasteiger partial charge >= 0.3 is 0 Å². The number of imidazole rings is 1. The average Bonchev–Trinajstić information content (AvgIpc) is 3.24. The summed E-state index contributed by atoms with van der Waals surface area (Å²) >= 11 is 6.07. The smallest absolute Gasteiger partial charge is 0.0946 e. The Morgan fingerprint density at radius 2 is 1.57 bits per heavy atom. The number of rotatable bonds is 11. The molecule has 0 bridgehead atoms. The SMILES string of the molecule is CCCCC(CCc1ccccc1)(CCc1ccc(Cl)cc1)Cn1ccnc1. The van der Waals surface area contributed by atoms with E-state index in [1.165, 1.54) is 43.2 Å². The van der Waals surface area contributed by atoms with Crippen molar-refractivity contribution in [3.63, 3.8) is 0 Å². The summed E-state index contributed by atoms with van der Waals surface area (Å²) in [5, 5.41) is 0.809. The highest BCUT2D eigenvalue weighted by Gasteiger charge is 2.29. The van der Waals surface area contributed by atoms with Crippen LogP contribution in [0, 0.1) is 5.41 Å². The number of nitrogens with zero attached hydrogens (tertiary/aromatic N) is 2. The number of hydrogen-bond donors (Lipinski definition) is 0. The first-order valence-electron chi connectivity index (χ1n) is 10.4. The molecular weight excluding hydrogens is 364 g/mol. The van der Waals surface area contributed by atoms with E-state index >= 15 is 0 Å². The van der Waals surface area contributed by atoms with Crippen LogP contribution in [0.3, 0.4) is 0 Å². The number of hydrogen-bond acceptors (Lipinski definition) is 1. The Kier molecular flexibility index (Phi) is 7.73. The summed E-state index contributed by atoms with van der Waals surface area (Å²) in [7, 11) is 0. The Bertz CT molecular complexity index is 796. The van der Waals surface area contributed by atoms with Gasteiger partial charge in [-0.3, -0.25) is 0 Å². The van der Waals surface area contributed by atoms with Gasteiger partial charge in [0.05, 0.1) is 6.33 Å². The van der Waals surface area contributed by atoms with Gasteiger partial charge in [0.2, 0.25) is 0 Å². The summed E-state index contributed by atoms with van der Waals surface area (Å²) in [6.45, 7) is 3.33. The Hall–Kier alpha value is -2.06. The van der Waals surface area contributed by atoms with Gasteiger partial charge in [-0.25, -0.2) is 4.98 Å². The fourth-order valence-corrected chi connectivity index (χ4v) is 4.17. The Morgan fingerprint density at radius 3 is 2.18 bits per heavy atom. The van der Waals surface area contributed by atoms with Gasteiger partial charge in [0.15, 0.2) is 0 Å². The van der Waals surface area contributed by atoms with Gasteiger partial charge in [-0.05, 0) is 60.8 Å². The van der Waals surface area contributed by atoms with E-state index in [4.69, 9.17) is 11.6 Å². The molecule has 1 atom stereocenters. The molecule has 0 fully saturated rings. The lowest BCUT2D eigenvalue weighted by Crippen LogP contribution is -2.28. The van der Waals surface area contributed by atoms with E-state index in [0.29, 0.717) is 0 Å². The molecule has 3 rings (SSSR count). The summed E-state index contributed by atoms with van der Waals surface area (Å²) in [5.74, 6) is 0. The van der Waals surface area contributed by atoms with Crippen molar-refractivity contribution in [2.75, 3.05) is 0 Å². The summed E-state index contributed by atoms with van der Waals surface area (Å²) < 4.78 is 2.27. The molecular formula is C25H31ClN2. The number of aryl methyl sites for hydroxylation is 2. The highest BCUT2D eigenvalue weighted by Crippen LogP contribution is 2.37. The Labute approximate surface area is 174 Å². The molecule has 0 saturated carbocycles. The van der Waals surface area contributed by atoms with Crippen LogP contribution in [0.4, 0.5) is 0 Å². The maximum atomic E-state index is 6.07. The van der Waals surface area contributed by atoms with Crippen LogP contribution >= 0.6 is 11.6 Å². The summed E-state index contributed by atoms with van der Waals surface area (Å²) in [6.07, 6.45) is 14.3. The molecule has 28 heavy (non-hydrogen) atoms. The normalized spacial score (nSPS) is 13.4. The second kappa shape index (κ2) is 10.5. The van der Waals surface area contributed by atoms with Crippen LogP contribution in [0.25, 0.3) is 0 Å². The maximum Gasteiger partial charge on any atom is 0.0946 e. The van der Waals surface area contributed by atoms with Crippen LogP contribution in [0.5, 0.6) is 0 Å². The van der Waals surface area contributed by atoms with Crippen LogP contribution in [-0.2, 0) is 19.4 Å². The number of aromatic nitrogens is 2. The summed E-state index contributed by atoms with van der Waals surface area (Å²) in [5.41, 5.74) is 3.07. The predicted octanol–water partition coefficient (Wildman–Crippen LogP) is 6.98. The molecule has 0 radical (unpaired) electrons. The zero-order valence-corrected chi connectivity index (χ0v) is 17.6. The lowest BCUT2D eigenvalue weighted by Gasteiger charge is -2.35. The van der Waals surface area contributed by atoms with E-state index in [-0.39, 0.29) is 5.41 Å². The van der Waals surface area contributed by atoms with Crippen molar-refractivity contribution in [1.82, 2.24) is 9.55 Å². The first-order valence-corrected chi connectivity index (χ1v) is 10.8. The van der Waals surface area contributed by atoms with Crippen molar-refractivity contribution < 1.29 is 0 Å². The fourth-order valence-electron chi connectivity index (χ4n) is 4.05. The molecule has 2 aromatic carbocycles. The molecule has 0 aliphatic carbocycles. The van der Waals surface area contributed by atoms with Crippen molar-refractivity contribution in [2.45, 2.75) is 58.4 Å². The van der Waals surface area contributed by atoms with Crippen LogP contribution in [0.15, 0.2) is 73.3 Å². The quantitative estimate of drug-likeness (QED) is 0.343. The molecule has 1 aromatic heterocycles. The molecule has 3 heteroatoms. The van der Waals surface area contributed by atoms with E-state index in [0.717, 1.165) is 24.4 Å². The van der Waals surface area contributed by atoms with Crippen molar-refractivity contribution in [3.05, 3.63) is 89.5 Å². The number of halogens is 1. The largest absolute Gasteiger partial charge is 0.337 e. The van der Waals surface area contributed by atoms with Gasteiger partial charge < -0.3 is 4.57 Å². The average molecular weight is 395 g/mol. The Balaban J connectivity index is 1.78. The van der Waals surface area contributed by atoms with Gasteiger partial charge in [0.1, 0.15) is 0 Å². The molecule has 0 amide bonds. The molecule has 3 aromatic rings. The molecule has 1 heterocycles. The molecule has 0 aliphatic heterocycles. The molecule has 0 N–H and O–H groups in total. The van der Waals surface area contributed by atoms with Crippen LogP contribution in [-0.4, -0.2) is 9.55 Å². The first kappa shape index (κ1) is 20.7. The molecule has 148 valence electrons. The molecule has 2 nitrogen and oxygen atoms in total. The zero-order valence-electron chi connectivity index (χ0n) is 16.9. The van der Waals surface area contributed by atoms with Crippen molar-refractivity contribution in [3.8, 4) is 0 Å². The second-order valence-electron chi connectivity index (χ2n) is 7.95. The van der Waals surface area contributed by atoms with Crippen molar-refractivity contribution >= 4 is 11.6 Å². The minimum Gasteiger partial charge on any atom is -0.337 e. The summed E-state index contributed by atoms with van der Waals surface area (Å²) in [4.78, 5) is 4.28. The van der Waals surface area contributed by atoms with Gasteiger partial charge in [-0.2, -0.15) is 0 Å². The van der Waals surface area contributed by atoms with E-state index in [9.17, 15) is 0 Å². The predicted molar refractivity (Wildman–Crippen MR) is 119 cm³/mol. The first-order chi connectivity index (χ1) is 13.7. The zero-order chi connectivity index (χ0) is 19.7. The minimum absolute atomic E-state index is 0.270. The van der Waals surface area contributed by atoms with E-state index in [1.807, 2.05) is 24.7 Å². The van der Waals surface area contributed by atoms with Crippen molar-refractivity contribution in [1.29, 1.82) is 0 Å². The molecule has 0 spiro atoms. The third kappa shape index (κ3) is 6.24. The van der Waals surface area contributed by atoms with Crippen LogP contribution < -0.4 is 0 Å². The van der Waals surface area contributed by atoms with Crippen molar-refractivity contribution in [2.24, 2.45) is 5.41 Å². The maximum absolute atomic E-state index is 6.07. The van der Waals surface area contributed by atoms with Crippen LogP contribution in [0.2, 0.25) is 5.02 Å². The topological polar surface area (TPSA) is 17.8 Å². The van der Waals surface area contributed by atoms with Gasteiger partial charge in [-0.1, -0.05) is 73.8 Å².